The van der Waals surface area contributed by atoms with E-state index in [4.69, 9.17) is 11.0 Å². The molecule has 0 saturated carbocycles. The van der Waals surface area contributed by atoms with Gasteiger partial charge in [-0.15, -0.1) is 11.3 Å². The van der Waals surface area contributed by atoms with Crippen LogP contribution < -0.4 is 11.1 Å². The smallest absolute Gasteiger partial charge is 0.171 e. The van der Waals surface area contributed by atoms with E-state index < -0.39 is 0 Å². The van der Waals surface area contributed by atoms with Gasteiger partial charge >= 0.3 is 0 Å². The summed E-state index contributed by atoms with van der Waals surface area (Å²) in [4.78, 5) is 15.8. The van der Waals surface area contributed by atoms with Crippen LogP contribution >= 0.6 is 11.3 Å². The molecule has 2 heterocycles. The highest BCUT2D eigenvalue weighted by Gasteiger charge is 2.18. The molecule has 2 aromatic rings. The summed E-state index contributed by atoms with van der Waals surface area (Å²) in [5.74, 6) is -0.131. The number of aromatic nitrogens is 1. The van der Waals surface area contributed by atoms with Gasteiger partial charge < -0.3 is 11.1 Å². The van der Waals surface area contributed by atoms with Gasteiger partial charge in [-0.3, -0.25) is 9.78 Å². The third-order valence-corrected chi connectivity index (χ3v) is 3.82. The molecule has 5 nitrogen and oxygen atoms in total. The van der Waals surface area contributed by atoms with Crippen molar-refractivity contribution in [2.45, 2.75) is 13.5 Å². The summed E-state index contributed by atoms with van der Waals surface area (Å²) in [5.41, 5.74) is 7.38. The van der Waals surface area contributed by atoms with Gasteiger partial charge in [-0.2, -0.15) is 5.26 Å². The Morgan fingerprint density at radius 2 is 2.42 bits per heavy atom. The first kappa shape index (κ1) is 13.1. The fourth-order valence-corrected chi connectivity index (χ4v) is 2.59. The van der Waals surface area contributed by atoms with Crippen molar-refractivity contribution in [2.24, 2.45) is 0 Å². The van der Waals surface area contributed by atoms with E-state index in [1.54, 1.807) is 12.4 Å². The Labute approximate surface area is 114 Å². The number of anilines is 2. The van der Waals surface area contributed by atoms with Crippen LogP contribution in [0.1, 0.15) is 27.7 Å². The lowest BCUT2D eigenvalue weighted by Gasteiger charge is -2.03. The van der Waals surface area contributed by atoms with Crippen molar-refractivity contribution in [3.8, 4) is 6.07 Å². The van der Waals surface area contributed by atoms with Crippen LogP contribution in [-0.2, 0) is 6.54 Å². The average molecular weight is 272 g/mol. The maximum Gasteiger partial charge on any atom is 0.171 e. The van der Waals surface area contributed by atoms with E-state index in [0.717, 1.165) is 5.56 Å². The lowest BCUT2D eigenvalue weighted by molar-refractivity contribution is 0.102. The highest BCUT2D eigenvalue weighted by atomic mass is 32.1. The molecule has 6 heteroatoms. The normalized spacial score (nSPS) is 9.89. The number of pyridine rings is 1. The van der Waals surface area contributed by atoms with Crippen molar-refractivity contribution >= 4 is 27.8 Å². The largest absolute Gasteiger partial charge is 0.396 e. The Bertz CT molecular complexity index is 643. The number of nitrogens with two attached hydrogens (primary N) is 1. The van der Waals surface area contributed by atoms with Gasteiger partial charge in [0.2, 0.25) is 0 Å². The van der Waals surface area contributed by atoms with Gasteiger partial charge in [0.05, 0.1) is 10.6 Å². The molecule has 0 atom stereocenters. The molecule has 3 N–H and O–H groups in total. The molecule has 0 spiro atoms. The standard InChI is InChI=1S/C13H12N4OS/c1-8(18)12-11(15)10(5-14)13(19-12)17-7-9-3-2-4-16-6-9/h2-4,6,17H,7,15H2,1H3. The Morgan fingerprint density at radius 1 is 1.63 bits per heavy atom. The van der Waals surface area contributed by atoms with Crippen molar-refractivity contribution in [3.63, 3.8) is 0 Å². The quantitative estimate of drug-likeness (QED) is 0.834. The Hall–Kier alpha value is -2.39. The molecule has 0 saturated heterocycles. The topological polar surface area (TPSA) is 91.8 Å². The molecule has 0 aliphatic rings. The zero-order valence-corrected chi connectivity index (χ0v) is 11.1. The van der Waals surface area contributed by atoms with Crippen LogP contribution in [-0.4, -0.2) is 10.8 Å². The van der Waals surface area contributed by atoms with Crippen LogP contribution in [0.4, 0.5) is 10.7 Å². The number of nitrogens with one attached hydrogen (secondary N) is 1. The van der Waals surface area contributed by atoms with Crippen molar-refractivity contribution in [2.75, 3.05) is 11.1 Å². The second-order valence-electron chi connectivity index (χ2n) is 3.93. The van der Waals surface area contributed by atoms with Gasteiger partial charge in [-0.05, 0) is 11.6 Å². The monoisotopic (exact) mass is 272 g/mol. The highest BCUT2D eigenvalue weighted by Crippen LogP contribution is 2.35. The van der Waals surface area contributed by atoms with Crippen LogP contribution in [0.3, 0.4) is 0 Å². The van der Waals surface area contributed by atoms with E-state index in [1.165, 1.54) is 18.3 Å². The van der Waals surface area contributed by atoms with Gasteiger partial charge in [0.15, 0.2) is 5.78 Å². The predicted octanol–water partition coefficient (Wildman–Crippen LogP) is 2.41. The number of carbonyl (C=O) groups is 1. The molecule has 19 heavy (non-hydrogen) atoms. The van der Waals surface area contributed by atoms with Gasteiger partial charge in [0.1, 0.15) is 16.6 Å². The molecule has 0 amide bonds. The molecule has 0 aliphatic heterocycles. The Kier molecular flexibility index (Phi) is 3.78. The molecule has 0 aliphatic carbocycles. The van der Waals surface area contributed by atoms with E-state index in [-0.39, 0.29) is 11.5 Å². The SMILES string of the molecule is CC(=O)c1sc(NCc2cccnc2)c(C#N)c1N. The second-order valence-corrected chi connectivity index (χ2v) is 4.95. The van der Waals surface area contributed by atoms with E-state index in [9.17, 15) is 4.79 Å². The first-order valence-corrected chi connectivity index (χ1v) is 6.41. The minimum absolute atomic E-state index is 0.131. The first-order valence-electron chi connectivity index (χ1n) is 5.59. The number of hydrogen-bond acceptors (Lipinski definition) is 6. The minimum Gasteiger partial charge on any atom is -0.396 e. The number of ketones is 1. The summed E-state index contributed by atoms with van der Waals surface area (Å²) in [6.07, 6.45) is 3.43. The minimum atomic E-state index is -0.131. The number of hydrogen-bond donors (Lipinski definition) is 2. The van der Waals surface area contributed by atoms with Gasteiger partial charge in [-0.1, -0.05) is 6.07 Å². The molecule has 0 fully saturated rings. The van der Waals surface area contributed by atoms with Crippen LogP contribution in [0.15, 0.2) is 24.5 Å². The molecular weight excluding hydrogens is 260 g/mol. The van der Waals surface area contributed by atoms with Crippen LogP contribution in [0.25, 0.3) is 0 Å². The molecule has 0 aromatic carbocycles. The molecule has 0 bridgehead atoms. The molecule has 0 radical (unpaired) electrons. The maximum absolute atomic E-state index is 11.4. The number of carbonyl (C=O) groups excluding carboxylic acids is 1. The number of nitriles is 1. The fourth-order valence-electron chi connectivity index (χ4n) is 1.63. The van der Waals surface area contributed by atoms with Crippen molar-refractivity contribution in [3.05, 3.63) is 40.5 Å². The summed E-state index contributed by atoms with van der Waals surface area (Å²) in [5, 5.41) is 12.8. The third kappa shape index (κ3) is 2.72. The Morgan fingerprint density at radius 3 is 3.00 bits per heavy atom. The van der Waals surface area contributed by atoms with Gasteiger partial charge in [0.25, 0.3) is 0 Å². The number of nitrogen functional groups attached to an aromatic ring is 1. The summed E-state index contributed by atoms with van der Waals surface area (Å²) < 4.78 is 0. The highest BCUT2D eigenvalue weighted by molar-refractivity contribution is 7.18. The van der Waals surface area contributed by atoms with Gasteiger partial charge in [0, 0.05) is 25.9 Å². The van der Waals surface area contributed by atoms with Crippen molar-refractivity contribution in [1.82, 2.24) is 4.98 Å². The molecule has 0 unspecified atom stereocenters. The summed E-state index contributed by atoms with van der Waals surface area (Å²) in [6.45, 7) is 1.97. The second kappa shape index (κ2) is 5.50. The number of thiophene rings is 1. The summed E-state index contributed by atoms with van der Waals surface area (Å²) in [7, 11) is 0. The number of rotatable bonds is 4. The number of Topliss-reactive ketones (excluding diaryl/α,β-unsaturated/α-hetero) is 1. The predicted molar refractivity (Wildman–Crippen MR) is 75.0 cm³/mol. The van der Waals surface area contributed by atoms with Gasteiger partial charge in [-0.25, -0.2) is 0 Å². The number of nitrogens with zero attached hydrogens (tertiary/aromatic N) is 2. The zero-order chi connectivity index (χ0) is 13.8. The molecule has 2 rings (SSSR count). The van der Waals surface area contributed by atoms with Crippen LogP contribution in [0.2, 0.25) is 0 Å². The first-order chi connectivity index (χ1) is 9.13. The van der Waals surface area contributed by atoms with Crippen LogP contribution in [0.5, 0.6) is 0 Å². The molecule has 96 valence electrons. The maximum atomic E-state index is 11.4. The van der Waals surface area contributed by atoms with E-state index in [2.05, 4.69) is 10.3 Å². The lowest BCUT2D eigenvalue weighted by atomic mass is 10.2. The summed E-state index contributed by atoms with van der Waals surface area (Å²) in [6, 6.07) is 5.80. The summed E-state index contributed by atoms with van der Waals surface area (Å²) >= 11 is 1.21. The van der Waals surface area contributed by atoms with Crippen LogP contribution in [0, 0.1) is 11.3 Å². The van der Waals surface area contributed by atoms with E-state index in [1.807, 2.05) is 18.2 Å². The molecule has 2 aromatic heterocycles. The average Bonchev–Trinajstić information content (AvgIpc) is 2.74. The van der Waals surface area contributed by atoms with Crippen molar-refractivity contribution < 1.29 is 4.79 Å². The third-order valence-electron chi connectivity index (χ3n) is 2.55. The fraction of sp³-hybridized carbons (Fsp3) is 0.154. The van der Waals surface area contributed by atoms with Crippen molar-refractivity contribution in [1.29, 1.82) is 5.26 Å². The van der Waals surface area contributed by atoms with E-state index >= 15 is 0 Å². The molecular formula is C13H12N4OS. The lowest BCUT2D eigenvalue weighted by Crippen LogP contribution is -2.00. The Balaban J connectivity index is 2.24. The van der Waals surface area contributed by atoms with E-state index in [0.29, 0.717) is 22.0 Å². The zero-order valence-electron chi connectivity index (χ0n) is 10.3.